The largest absolute Gasteiger partial charge is 0.490 e. The van der Waals surface area contributed by atoms with E-state index in [0.29, 0.717) is 23.6 Å². The first kappa shape index (κ1) is 23.9. The van der Waals surface area contributed by atoms with Crippen LogP contribution in [0, 0.1) is 6.92 Å². The highest BCUT2D eigenvalue weighted by molar-refractivity contribution is 6.40. The molecule has 0 aromatic heterocycles. The fourth-order valence-electron chi connectivity index (χ4n) is 2.83. The van der Waals surface area contributed by atoms with Crippen molar-refractivity contribution in [3.63, 3.8) is 0 Å². The Morgan fingerprint density at radius 2 is 1.62 bits per heavy atom. The van der Waals surface area contributed by atoms with Crippen molar-refractivity contribution in [2.24, 2.45) is 5.10 Å². The Morgan fingerprint density at radius 1 is 0.912 bits per heavy atom. The van der Waals surface area contributed by atoms with Crippen LogP contribution in [0.4, 0.5) is 11.4 Å². The summed E-state index contributed by atoms with van der Waals surface area (Å²) >= 11 is 0. The van der Waals surface area contributed by atoms with Gasteiger partial charge in [0.2, 0.25) is 0 Å². The number of anilines is 2. The molecule has 8 heteroatoms. The summed E-state index contributed by atoms with van der Waals surface area (Å²) in [5.74, 6) is -1.68. The average Bonchev–Trinajstić information content (AvgIpc) is 2.85. The first-order valence-electron chi connectivity index (χ1n) is 10.4. The van der Waals surface area contributed by atoms with Crippen LogP contribution in [0.2, 0.25) is 0 Å². The molecule has 0 radical (unpaired) electrons. The molecule has 3 aromatic rings. The number of benzene rings is 3. The molecule has 0 aliphatic carbocycles. The molecule has 34 heavy (non-hydrogen) atoms. The summed E-state index contributed by atoms with van der Waals surface area (Å²) in [5.41, 5.74) is 4.96. The number of hydrogen-bond donors (Lipinski definition) is 3. The molecule has 3 aromatic carbocycles. The molecule has 8 nitrogen and oxygen atoms in total. The number of nitrogens with one attached hydrogen (secondary N) is 3. The average molecular weight is 457 g/mol. The van der Waals surface area contributed by atoms with Gasteiger partial charge in [0.05, 0.1) is 17.5 Å². The molecule has 0 saturated heterocycles. The van der Waals surface area contributed by atoms with E-state index in [-0.39, 0.29) is 11.3 Å². The summed E-state index contributed by atoms with van der Waals surface area (Å²) in [5, 5.41) is 9.01. The lowest BCUT2D eigenvalue weighted by atomic mass is 10.1. The maximum Gasteiger partial charge on any atom is 0.329 e. The lowest BCUT2D eigenvalue weighted by molar-refractivity contribution is -0.136. The predicted molar refractivity (Wildman–Crippen MR) is 132 cm³/mol. The van der Waals surface area contributed by atoms with Crippen molar-refractivity contribution < 1.29 is 19.1 Å². The van der Waals surface area contributed by atoms with Crippen LogP contribution < -0.4 is 20.8 Å². The Labute approximate surface area is 197 Å². The maximum absolute atomic E-state index is 12.7. The van der Waals surface area contributed by atoms with Crippen molar-refractivity contribution in [2.75, 3.05) is 17.2 Å². The van der Waals surface area contributed by atoms with E-state index in [1.165, 1.54) is 12.3 Å². The van der Waals surface area contributed by atoms with Gasteiger partial charge < -0.3 is 15.4 Å². The van der Waals surface area contributed by atoms with Crippen molar-refractivity contribution in [2.45, 2.75) is 6.92 Å². The molecular formula is C26H24N4O4. The van der Waals surface area contributed by atoms with E-state index in [1.807, 2.05) is 19.1 Å². The molecular weight excluding hydrogens is 432 g/mol. The molecule has 3 N–H and O–H groups in total. The van der Waals surface area contributed by atoms with Gasteiger partial charge in [-0.05, 0) is 61.0 Å². The first-order valence-corrected chi connectivity index (χ1v) is 10.4. The maximum atomic E-state index is 12.7. The molecule has 0 fully saturated rings. The minimum atomic E-state index is -0.976. The van der Waals surface area contributed by atoms with Gasteiger partial charge in [-0.15, -0.1) is 0 Å². The summed E-state index contributed by atoms with van der Waals surface area (Å²) in [4.78, 5) is 37.1. The summed E-state index contributed by atoms with van der Waals surface area (Å²) in [7, 11) is 0. The zero-order valence-electron chi connectivity index (χ0n) is 18.6. The summed E-state index contributed by atoms with van der Waals surface area (Å²) in [6.45, 7) is 5.93. The van der Waals surface area contributed by atoms with Crippen molar-refractivity contribution in [3.05, 3.63) is 102 Å². The van der Waals surface area contributed by atoms with E-state index in [0.717, 1.165) is 5.56 Å². The molecule has 0 bridgehead atoms. The smallest absolute Gasteiger partial charge is 0.329 e. The lowest BCUT2D eigenvalue weighted by Crippen LogP contribution is -2.33. The third kappa shape index (κ3) is 6.89. The van der Waals surface area contributed by atoms with E-state index in [2.05, 4.69) is 27.7 Å². The van der Waals surface area contributed by atoms with E-state index in [4.69, 9.17) is 4.74 Å². The summed E-state index contributed by atoms with van der Waals surface area (Å²) in [6, 6.07) is 20.7. The Balaban J connectivity index is 1.58. The third-order valence-electron chi connectivity index (χ3n) is 4.56. The van der Waals surface area contributed by atoms with Crippen LogP contribution in [0.15, 0.2) is 90.6 Å². The highest BCUT2D eigenvalue weighted by atomic mass is 16.5. The molecule has 172 valence electrons. The molecule has 0 heterocycles. The molecule has 0 spiro atoms. The van der Waals surface area contributed by atoms with Crippen molar-refractivity contribution in [1.82, 2.24) is 5.43 Å². The summed E-state index contributed by atoms with van der Waals surface area (Å²) < 4.78 is 5.39. The topological polar surface area (TPSA) is 109 Å². The van der Waals surface area contributed by atoms with Crippen molar-refractivity contribution in [1.29, 1.82) is 0 Å². The fraction of sp³-hybridized carbons (Fsp3) is 0.0769. The SMILES string of the molecule is C=CCOc1ccc(/C=N/NC(=O)C(=O)Nc2ccccc2C(=O)Nc2ccc(C)cc2)cc1. The van der Waals surface area contributed by atoms with E-state index >= 15 is 0 Å². The zero-order valence-corrected chi connectivity index (χ0v) is 18.6. The fourth-order valence-corrected chi connectivity index (χ4v) is 2.83. The Bertz CT molecular complexity index is 1200. The number of para-hydroxylation sites is 1. The molecule has 0 unspecified atom stereocenters. The number of nitrogens with zero attached hydrogens (tertiary/aromatic N) is 1. The van der Waals surface area contributed by atoms with Gasteiger partial charge in [0.15, 0.2) is 0 Å². The Kier molecular flexibility index (Phi) is 8.29. The number of carbonyl (C=O) groups excluding carboxylic acids is 3. The lowest BCUT2D eigenvalue weighted by Gasteiger charge is -2.11. The number of ether oxygens (including phenoxy) is 1. The van der Waals surface area contributed by atoms with Gasteiger partial charge in [0.25, 0.3) is 5.91 Å². The van der Waals surface area contributed by atoms with E-state index in [1.54, 1.807) is 60.7 Å². The summed E-state index contributed by atoms with van der Waals surface area (Å²) in [6.07, 6.45) is 3.04. The van der Waals surface area contributed by atoms with Gasteiger partial charge in [-0.2, -0.15) is 5.10 Å². The van der Waals surface area contributed by atoms with E-state index in [9.17, 15) is 14.4 Å². The molecule has 0 atom stereocenters. The van der Waals surface area contributed by atoms with Crippen LogP contribution in [0.25, 0.3) is 0 Å². The van der Waals surface area contributed by atoms with E-state index < -0.39 is 17.7 Å². The molecule has 0 saturated carbocycles. The minimum absolute atomic E-state index is 0.200. The zero-order chi connectivity index (χ0) is 24.3. The highest BCUT2D eigenvalue weighted by Gasteiger charge is 2.17. The van der Waals surface area contributed by atoms with Crippen LogP contribution in [0.1, 0.15) is 21.5 Å². The van der Waals surface area contributed by atoms with Crippen LogP contribution in [0.3, 0.4) is 0 Å². The molecule has 0 aliphatic heterocycles. The molecule has 0 aliphatic rings. The van der Waals surface area contributed by atoms with Gasteiger partial charge in [0, 0.05) is 5.69 Å². The van der Waals surface area contributed by atoms with Crippen LogP contribution in [-0.4, -0.2) is 30.5 Å². The highest BCUT2D eigenvalue weighted by Crippen LogP contribution is 2.18. The van der Waals surface area contributed by atoms with Gasteiger partial charge >= 0.3 is 11.8 Å². The third-order valence-corrected chi connectivity index (χ3v) is 4.56. The van der Waals surface area contributed by atoms with Crippen LogP contribution in [-0.2, 0) is 9.59 Å². The number of hydrazone groups is 1. The predicted octanol–water partition coefficient (Wildman–Crippen LogP) is 3.90. The standard InChI is InChI=1S/C26H24N4O4/c1-3-16-34-21-14-10-19(11-15-21)17-27-30-26(33)25(32)29-23-7-5-4-6-22(23)24(31)28-20-12-8-18(2)9-13-20/h3-15,17H,1,16H2,2H3,(H,28,31)(H,29,32)(H,30,33)/b27-17+. The Hall–Kier alpha value is -4.72. The van der Waals surface area contributed by atoms with Crippen molar-refractivity contribution >= 4 is 35.3 Å². The minimum Gasteiger partial charge on any atom is -0.490 e. The molecule has 3 amide bonds. The number of amides is 3. The van der Waals surface area contributed by atoms with Gasteiger partial charge in [-0.25, -0.2) is 5.43 Å². The second-order valence-corrected chi connectivity index (χ2v) is 7.19. The van der Waals surface area contributed by atoms with Crippen LogP contribution in [0.5, 0.6) is 5.75 Å². The van der Waals surface area contributed by atoms with Gasteiger partial charge in [-0.3, -0.25) is 14.4 Å². The normalized spacial score (nSPS) is 10.4. The molecule has 3 rings (SSSR count). The van der Waals surface area contributed by atoms with Crippen molar-refractivity contribution in [3.8, 4) is 5.75 Å². The second kappa shape index (κ2) is 11.8. The number of aryl methyl sites for hydroxylation is 1. The number of hydrogen-bond acceptors (Lipinski definition) is 5. The number of rotatable bonds is 8. The van der Waals surface area contributed by atoms with Gasteiger partial charge in [0.1, 0.15) is 12.4 Å². The second-order valence-electron chi connectivity index (χ2n) is 7.19. The Morgan fingerprint density at radius 3 is 2.32 bits per heavy atom. The number of carbonyl (C=O) groups is 3. The van der Waals surface area contributed by atoms with Gasteiger partial charge in [-0.1, -0.05) is 42.5 Å². The quantitative estimate of drug-likeness (QED) is 0.207. The first-order chi connectivity index (χ1) is 16.5. The monoisotopic (exact) mass is 456 g/mol. The van der Waals surface area contributed by atoms with Crippen LogP contribution >= 0.6 is 0 Å².